The largest absolute Gasteiger partial charge is 0.340 e. The van der Waals surface area contributed by atoms with Crippen molar-refractivity contribution in [2.24, 2.45) is 18.9 Å². The van der Waals surface area contributed by atoms with Gasteiger partial charge in [-0.15, -0.1) is 0 Å². The van der Waals surface area contributed by atoms with Crippen LogP contribution in [-0.4, -0.2) is 11.1 Å². The molecule has 0 spiro atoms. The van der Waals surface area contributed by atoms with E-state index in [0.29, 0.717) is 0 Å². The van der Waals surface area contributed by atoms with Gasteiger partial charge in [0.05, 0.1) is 0 Å². The quantitative estimate of drug-likeness (QED) is 0.892. The summed E-state index contributed by atoms with van der Waals surface area (Å²) in [6, 6.07) is 4.25. The van der Waals surface area contributed by atoms with Crippen LogP contribution in [0.4, 0.5) is 0 Å². The Kier molecular flexibility index (Phi) is 5.25. The maximum Gasteiger partial charge on any atom is 0.120 e. The first-order valence-corrected chi connectivity index (χ1v) is 7.91. The summed E-state index contributed by atoms with van der Waals surface area (Å²) in [6.07, 6.45) is 6.92. The lowest BCUT2D eigenvalue weighted by molar-refractivity contribution is 0.262. The third kappa shape index (κ3) is 3.43. The van der Waals surface area contributed by atoms with Crippen LogP contribution in [0.25, 0.3) is 0 Å². The van der Waals surface area contributed by atoms with Gasteiger partial charge in [-0.05, 0) is 49.8 Å². The van der Waals surface area contributed by atoms with Crippen molar-refractivity contribution in [2.75, 3.05) is 6.54 Å². The number of hydrogen-bond acceptors (Lipinski definition) is 2. The van der Waals surface area contributed by atoms with Crippen molar-refractivity contribution in [1.82, 2.24) is 9.88 Å². The number of hydrogen-bond donors (Lipinski definition) is 1. The van der Waals surface area contributed by atoms with Crippen LogP contribution in [0.5, 0.6) is 0 Å². The Bertz CT molecular complexity index is 473. The van der Waals surface area contributed by atoms with E-state index in [1.165, 1.54) is 43.4 Å². The lowest BCUT2D eigenvalue weighted by Crippen LogP contribution is -2.26. The van der Waals surface area contributed by atoms with Gasteiger partial charge in [-0.3, -0.25) is 0 Å². The summed E-state index contributed by atoms with van der Waals surface area (Å²) in [5.74, 6) is 1.82. The highest BCUT2D eigenvalue weighted by Gasteiger charge is 2.19. The average molecular weight is 273 g/mol. The molecule has 1 saturated carbocycles. The summed E-state index contributed by atoms with van der Waals surface area (Å²) >= 11 is 0. The van der Waals surface area contributed by atoms with Crippen LogP contribution in [0.15, 0.2) is 6.07 Å². The fraction of sp³-hybridized carbons (Fsp3) is 0.706. The zero-order valence-corrected chi connectivity index (χ0v) is 13.1. The van der Waals surface area contributed by atoms with Crippen molar-refractivity contribution >= 4 is 0 Å². The number of nitrogens with one attached hydrogen (secondary N) is 1. The fourth-order valence-electron chi connectivity index (χ4n) is 3.30. The molecule has 110 valence electrons. The van der Waals surface area contributed by atoms with E-state index in [1.54, 1.807) is 0 Å². The lowest BCUT2D eigenvalue weighted by Gasteiger charge is -2.27. The molecule has 0 amide bonds. The minimum absolute atomic E-state index is 0.753. The maximum absolute atomic E-state index is 9.04. The van der Waals surface area contributed by atoms with Gasteiger partial charge >= 0.3 is 0 Å². The van der Waals surface area contributed by atoms with Gasteiger partial charge in [0, 0.05) is 19.3 Å². The molecule has 0 atom stereocenters. The Hall–Kier alpha value is -1.27. The molecule has 1 N–H and O–H groups in total. The Labute approximate surface area is 123 Å². The fourth-order valence-corrected chi connectivity index (χ4v) is 3.30. The number of nitriles is 1. The van der Waals surface area contributed by atoms with E-state index < -0.39 is 0 Å². The minimum Gasteiger partial charge on any atom is -0.340 e. The molecule has 0 aliphatic heterocycles. The van der Waals surface area contributed by atoms with Crippen molar-refractivity contribution in [1.29, 1.82) is 5.26 Å². The Balaban J connectivity index is 1.78. The van der Waals surface area contributed by atoms with Crippen LogP contribution in [0.1, 0.15) is 56.0 Å². The van der Waals surface area contributed by atoms with Gasteiger partial charge < -0.3 is 9.88 Å². The van der Waals surface area contributed by atoms with Crippen LogP contribution < -0.4 is 5.32 Å². The third-order valence-electron chi connectivity index (χ3n) is 5.05. The van der Waals surface area contributed by atoms with Gasteiger partial charge in [0.25, 0.3) is 0 Å². The van der Waals surface area contributed by atoms with E-state index in [2.05, 4.69) is 25.2 Å². The van der Waals surface area contributed by atoms with Gasteiger partial charge in [-0.1, -0.05) is 26.2 Å². The highest BCUT2D eigenvalue weighted by atomic mass is 15.0. The predicted octanol–water partition coefficient (Wildman–Crippen LogP) is 3.51. The standard InChI is InChI=1S/C17H27N3/c1-4-14-5-7-15(8-6-14)11-19-12-16-9-17(10-18)20(3)13(16)2/h9,14-15,19H,4-8,11-12H2,1-3H3. The number of nitrogens with zero attached hydrogens (tertiary/aromatic N) is 2. The van der Waals surface area contributed by atoms with Gasteiger partial charge in [-0.25, -0.2) is 0 Å². The first kappa shape index (κ1) is 15.1. The third-order valence-corrected chi connectivity index (χ3v) is 5.05. The Morgan fingerprint density at radius 1 is 1.30 bits per heavy atom. The molecular weight excluding hydrogens is 246 g/mol. The maximum atomic E-state index is 9.04. The zero-order chi connectivity index (χ0) is 14.5. The van der Waals surface area contributed by atoms with Crippen molar-refractivity contribution in [3.63, 3.8) is 0 Å². The van der Waals surface area contributed by atoms with Crippen LogP contribution in [0, 0.1) is 30.1 Å². The highest BCUT2D eigenvalue weighted by Crippen LogP contribution is 2.30. The molecule has 0 aromatic carbocycles. The van der Waals surface area contributed by atoms with E-state index in [0.717, 1.165) is 30.6 Å². The summed E-state index contributed by atoms with van der Waals surface area (Å²) < 4.78 is 1.98. The first-order chi connectivity index (χ1) is 9.65. The summed E-state index contributed by atoms with van der Waals surface area (Å²) in [6.45, 7) is 6.40. The Morgan fingerprint density at radius 3 is 2.50 bits per heavy atom. The van der Waals surface area contributed by atoms with E-state index in [1.807, 2.05) is 17.7 Å². The van der Waals surface area contributed by atoms with E-state index in [9.17, 15) is 0 Å². The van der Waals surface area contributed by atoms with Gasteiger partial charge in [0.2, 0.25) is 0 Å². The smallest absolute Gasteiger partial charge is 0.120 e. The number of rotatable bonds is 5. The normalized spacial score (nSPS) is 22.7. The zero-order valence-electron chi connectivity index (χ0n) is 13.1. The van der Waals surface area contributed by atoms with Gasteiger partial charge in [-0.2, -0.15) is 5.26 Å². The summed E-state index contributed by atoms with van der Waals surface area (Å²) in [5, 5.41) is 12.6. The van der Waals surface area contributed by atoms with E-state index >= 15 is 0 Å². The molecule has 1 aliphatic rings. The average Bonchev–Trinajstić information content (AvgIpc) is 2.76. The molecule has 0 unspecified atom stereocenters. The second-order valence-corrected chi connectivity index (χ2v) is 6.24. The van der Waals surface area contributed by atoms with E-state index in [-0.39, 0.29) is 0 Å². The highest BCUT2D eigenvalue weighted by molar-refractivity contribution is 5.33. The molecule has 0 saturated heterocycles. The minimum atomic E-state index is 0.753. The van der Waals surface area contributed by atoms with Crippen molar-refractivity contribution in [3.05, 3.63) is 23.0 Å². The molecule has 0 radical (unpaired) electrons. The Morgan fingerprint density at radius 2 is 1.95 bits per heavy atom. The van der Waals surface area contributed by atoms with Gasteiger partial charge in [0.15, 0.2) is 0 Å². The number of aromatic nitrogens is 1. The van der Waals surface area contributed by atoms with Gasteiger partial charge in [0.1, 0.15) is 11.8 Å². The van der Waals surface area contributed by atoms with Crippen LogP contribution >= 0.6 is 0 Å². The molecule has 20 heavy (non-hydrogen) atoms. The SMILES string of the molecule is CCC1CCC(CNCc2cc(C#N)n(C)c2C)CC1. The second kappa shape index (κ2) is 6.95. The molecule has 0 bridgehead atoms. The summed E-state index contributed by atoms with van der Waals surface area (Å²) in [5.41, 5.74) is 3.21. The van der Waals surface area contributed by atoms with Crippen LogP contribution in [-0.2, 0) is 13.6 Å². The van der Waals surface area contributed by atoms with Crippen molar-refractivity contribution in [2.45, 2.75) is 52.5 Å². The molecule has 1 heterocycles. The summed E-state index contributed by atoms with van der Waals surface area (Å²) in [4.78, 5) is 0. The molecule has 3 heteroatoms. The van der Waals surface area contributed by atoms with Crippen LogP contribution in [0.2, 0.25) is 0 Å². The molecule has 1 fully saturated rings. The topological polar surface area (TPSA) is 40.8 Å². The molecule has 1 aromatic heterocycles. The van der Waals surface area contributed by atoms with E-state index in [4.69, 9.17) is 5.26 Å². The lowest BCUT2D eigenvalue weighted by atomic mass is 9.81. The second-order valence-electron chi connectivity index (χ2n) is 6.24. The van der Waals surface area contributed by atoms with Crippen molar-refractivity contribution < 1.29 is 0 Å². The molecule has 3 nitrogen and oxygen atoms in total. The van der Waals surface area contributed by atoms with Crippen LogP contribution in [0.3, 0.4) is 0 Å². The molecular formula is C17H27N3. The summed E-state index contributed by atoms with van der Waals surface area (Å²) in [7, 11) is 1.96. The monoisotopic (exact) mass is 273 g/mol. The molecule has 1 aromatic rings. The molecule has 2 rings (SSSR count). The predicted molar refractivity (Wildman–Crippen MR) is 82.3 cm³/mol. The first-order valence-electron chi connectivity index (χ1n) is 7.91. The molecule has 1 aliphatic carbocycles. The van der Waals surface area contributed by atoms with Crippen molar-refractivity contribution in [3.8, 4) is 6.07 Å².